The molecule has 4 heteroatoms. The quantitative estimate of drug-likeness (QED) is 0.727. The summed E-state index contributed by atoms with van der Waals surface area (Å²) >= 11 is 0. The van der Waals surface area contributed by atoms with Gasteiger partial charge in [0.15, 0.2) is 5.65 Å². The van der Waals surface area contributed by atoms with Crippen molar-refractivity contribution in [1.82, 2.24) is 19.4 Å². The summed E-state index contributed by atoms with van der Waals surface area (Å²) in [5, 5.41) is 0. The third kappa shape index (κ3) is 2.29. The average molecular weight is 292 g/mol. The van der Waals surface area contributed by atoms with E-state index in [0.29, 0.717) is 5.92 Å². The summed E-state index contributed by atoms with van der Waals surface area (Å²) in [6.07, 6.45) is 4.27. The highest BCUT2D eigenvalue weighted by Crippen LogP contribution is 2.30. The molecule has 1 saturated heterocycles. The minimum Gasteiger partial charge on any atom is -0.306 e. The Kier molecular flexibility index (Phi) is 3.39. The number of para-hydroxylation sites is 1. The first-order valence-corrected chi connectivity index (χ1v) is 7.90. The number of imidazole rings is 1. The molecule has 0 radical (unpaired) electrons. The molecule has 0 N–H and O–H groups in total. The van der Waals surface area contributed by atoms with E-state index in [0.717, 1.165) is 29.2 Å². The van der Waals surface area contributed by atoms with Crippen LogP contribution in [0.1, 0.15) is 24.6 Å². The van der Waals surface area contributed by atoms with E-state index in [1.807, 2.05) is 18.3 Å². The summed E-state index contributed by atoms with van der Waals surface area (Å²) < 4.78 is 2.24. The summed E-state index contributed by atoms with van der Waals surface area (Å²) in [4.78, 5) is 11.9. The first-order valence-electron chi connectivity index (χ1n) is 7.90. The predicted molar refractivity (Wildman–Crippen MR) is 88.3 cm³/mol. The van der Waals surface area contributed by atoms with E-state index >= 15 is 0 Å². The smallest absolute Gasteiger partial charge is 0.164 e. The highest BCUT2D eigenvalue weighted by atomic mass is 15.2. The van der Waals surface area contributed by atoms with Crippen LogP contribution in [0.2, 0.25) is 0 Å². The molecular weight excluding hydrogens is 272 g/mol. The van der Waals surface area contributed by atoms with Crippen LogP contribution in [0, 0.1) is 0 Å². The van der Waals surface area contributed by atoms with E-state index in [4.69, 9.17) is 4.98 Å². The van der Waals surface area contributed by atoms with Crippen LogP contribution in [0.4, 0.5) is 0 Å². The molecule has 0 saturated carbocycles. The maximum atomic E-state index is 4.92. The summed E-state index contributed by atoms with van der Waals surface area (Å²) in [5.41, 5.74) is 3.08. The summed E-state index contributed by atoms with van der Waals surface area (Å²) in [7, 11) is 2.19. The van der Waals surface area contributed by atoms with E-state index in [1.54, 1.807) is 0 Å². The van der Waals surface area contributed by atoms with Gasteiger partial charge in [-0.2, -0.15) is 0 Å². The molecule has 3 aromatic rings. The Morgan fingerprint density at radius 2 is 1.95 bits per heavy atom. The SMILES string of the molecule is CN1CCCC(c2nc3cccnc3n2-c2ccccc2)C1. The lowest BCUT2D eigenvalue weighted by atomic mass is 9.97. The normalized spacial score (nSPS) is 19.6. The van der Waals surface area contributed by atoms with Gasteiger partial charge in [0, 0.05) is 24.3 Å². The lowest BCUT2D eigenvalue weighted by Crippen LogP contribution is -2.32. The molecule has 0 amide bonds. The molecule has 1 atom stereocenters. The van der Waals surface area contributed by atoms with Crippen LogP contribution >= 0.6 is 0 Å². The van der Waals surface area contributed by atoms with Crippen molar-refractivity contribution in [3.8, 4) is 5.69 Å². The van der Waals surface area contributed by atoms with Crippen LogP contribution < -0.4 is 0 Å². The summed E-state index contributed by atoms with van der Waals surface area (Å²) in [5.74, 6) is 1.61. The molecule has 0 aliphatic carbocycles. The van der Waals surface area contributed by atoms with Gasteiger partial charge in [0.1, 0.15) is 11.3 Å². The minimum absolute atomic E-state index is 0.466. The minimum atomic E-state index is 0.466. The van der Waals surface area contributed by atoms with Crippen LogP contribution in [0.5, 0.6) is 0 Å². The van der Waals surface area contributed by atoms with Gasteiger partial charge in [0.05, 0.1) is 0 Å². The maximum Gasteiger partial charge on any atom is 0.164 e. The molecule has 4 rings (SSSR count). The van der Waals surface area contributed by atoms with Gasteiger partial charge in [-0.3, -0.25) is 4.57 Å². The first kappa shape index (κ1) is 13.5. The Morgan fingerprint density at radius 1 is 1.09 bits per heavy atom. The zero-order valence-electron chi connectivity index (χ0n) is 12.8. The predicted octanol–water partition coefficient (Wildman–Crippen LogP) is 3.23. The Morgan fingerprint density at radius 3 is 2.77 bits per heavy atom. The van der Waals surface area contributed by atoms with Crippen molar-refractivity contribution in [3.05, 3.63) is 54.5 Å². The van der Waals surface area contributed by atoms with Crippen LogP contribution in [-0.4, -0.2) is 39.6 Å². The first-order chi connectivity index (χ1) is 10.8. The number of nitrogens with zero attached hydrogens (tertiary/aromatic N) is 4. The third-order valence-electron chi connectivity index (χ3n) is 4.45. The number of rotatable bonds is 2. The molecule has 2 aromatic heterocycles. The molecule has 3 heterocycles. The van der Waals surface area contributed by atoms with Crippen molar-refractivity contribution < 1.29 is 0 Å². The zero-order chi connectivity index (χ0) is 14.9. The maximum absolute atomic E-state index is 4.92. The van der Waals surface area contributed by atoms with Crippen molar-refractivity contribution in [2.24, 2.45) is 0 Å². The molecule has 1 fully saturated rings. The van der Waals surface area contributed by atoms with Crippen molar-refractivity contribution in [1.29, 1.82) is 0 Å². The molecule has 22 heavy (non-hydrogen) atoms. The number of benzene rings is 1. The molecule has 1 aliphatic rings. The molecule has 0 bridgehead atoms. The number of hydrogen-bond donors (Lipinski definition) is 0. The molecule has 1 unspecified atom stereocenters. The molecule has 0 spiro atoms. The number of fused-ring (bicyclic) bond motifs is 1. The number of piperidine rings is 1. The number of aromatic nitrogens is 3. The number of likely N-dealkylation sites (N-methyl/N-ethyl adjacent to an activating group) is 1. The van der Waals surface area contributed by atoms with Gasteiger partial charge in [0.2, 0.25) is 0 Å². The number of likely N-dealkylation sites (tertiary alicyclic amines) is 1. The number of hydrogen-bond acceptors (Lipinski definition) is 3. The van der Waals surface area contributed by atoms with Crippen LogP contribution in [0.15, 0.2) is 48.7 Å². The van der Waals surface area contributed by atoms with E-state index in [-0.39, 0.29) is 0 Å². The van der Waals surface area contributed by atoms with E-state index in [9.17, 15) is 0 Å². The van der Waals surface area contributed by atoms with Gasteiger partial charge in [-0.1, -0.05) is 18.2 Å². The van der Waals surface area contributed by atoms with Crippen molar-refractivity contribution in [2.45, 2.75) is 18.8 Å². The highest BCUT2D eigenvalue weighted by molar-refractivity contribution is 5.74. The summed E-state index contributed by atoms with van der Waals surface area (Å²) in [6.45, 7) is 2.25. The Labute approximate surface area is 130 Å². The molecule has 4 nitrogen and oxygen atoms in total. The lowest BCUT2D eigenvalue weighted by molar-refractivity contribution is 0.245. The van der Waals surface area contributed by atoms with E-state index < -0.39 is 0 Å². The van der Waals surface area contributed by atoms with E-state index in [2.05, 4.69) is 51.8 Å². The molecule has 1 aromatic carbocycles. The Hall–Kier alpha value is -2.20. The van der Waals surface area contributed by atoms with Crippen LogP contribution in [0.3, 0.4) is 0 Å². The average Bonchev–Trinajstić information content (AvgIpc) is 2.95. The van der Waals surface area contributed by atoms with Gasteiger partial charge in [-0.15, -0.1) is 0 Å². The van der Waals surface area contributed by atoms with Crippen molar-refractivity contribution in [3.63, 3.8) is 0 Å². The molecule has 112 valence electrons. The van der Waals surface area contributed by atoms with Gasteiger partial charge in [0.25, 0.3) is 0 Å². The number of pyridine rings is 1. The second-order valence-electron chi connectivity index (χ2n) is 6.09. The highest BCUT2D eigenvalue weighted by Gasteiger charge is 2.25. The zero-order valence-corrected chi connectivity index (χ0v) is 12.8. The molecular formula is C18H20N4. The fraction of sp³-hybridized carbons (Fsp3) is 0.333. The van der Waals surface area contributed by atoms with Gasteiger partial charge in [-0.25, -0.2) is 9.97 Å². The van der Waals surface area contributed by atoms with E-state index in [1.165, 1.54) is 19.4 Å². The molecule has 1 aliphatic heterocycles. The fourth-order valence-corrected chi connectivity index (χ4v) is 3.41. The van der Waals surface area contributed by atoms with Crippen LogP contribution in [-0.2, 0) is 0 Å². The standard InChI is InChI=1S/C18H20N4/c1-21-12-6-7-14(13-21)17-20-16-10-5-11-19-18(16)22(17)15-8-3-2-4-9-15/h2-5,8-11,14H,6-7,12-13H2,1H3. The Bertz CT molecular complexity index is 778. The van der Waals surface area contributed by atoms with Gasteiger partial charge in [-0.05, 0) is 50.7 Å². The van der Waals surface area contributed by atoms with Crippen LogP contribution in [0.25, 0.3) is 16.9 Å². The lowest BCUT2D eigenvalue weighted by Gasteiger charge is -2.29. The third-order valence-corrected chi connectivity index (χ3v) is 4.45. The van der Waals surface area contributed by atoms with Crippen molar-refractivity contribution in [2.75, 3.05) is 20.1 Å². The second-order valence-corrected chi connectivity index (χ2v) is 6.09. The van der Waals surface area contributed by atoms with Gasteiger partial charge >= 0.3 is 0 Å². The topological polar surface area (TPSA) is 34.0 Å². The second kappa shape index (κ2) is 5.54. The van der Waals surface area contributed by atoms with Crippen molar-refractivity contribution >= 4 is 11.2 Å². The fourth-order valence-electron chi connectivity index (χ4n) is 3.41. The monoisotopic (exact) mass is 292 g/mol. The Balaban J connectivity index is 1.90. The largest absolute Gasteiger partial charge is 0.306 e. The summed E-state index contributed by atoms with van der Waals surface area (Å²) in [6, 6.07) is 14.5. The van der Waals surface area contributed by atoms with Gasteiger partial charge < -0.3 is 4.90 Å².